The van der Waals surface area contributed by atoms with E-state index in [-0.39, 0.29) is 0 Å². The lowest BCUT2D eigenvalue weighted by Gasteiger charge is -2.10. The largest absolute Gasteiger partial charge is 0.309 e. The van der Waals surface area contributed by atoms with Crippen LogP contribution in [0.3, 0.4) is 0 Å². The highest BCUT2D eigenvalue weighted by Gasteiger charge is 2.24. The van der Waals surface area contributed by atoms with Gasteiger partial charge in [-0.1, -0.05) is 200 Å². The average Bonchev–Trinajstić information content (AvgIpc) is 1.57. The van der Waals surface area contributed by atoms with Crippen LogP contribution in [-0.2, 0) is 0 Å². The highest BCUT2D eigenvalue weighted by molar-refractivity contribution is 6.22. The van der Waals surface area contributed by atoms with Gasteiger partial charge in [0.25, 0.3) is 0 Å². The summed E-state index contributed by atoms with van der Waals surface area (Å²) in [6.45, 7) is 0. The van der Waals surface area contributed by atoms with Gasteiger partial charge in [0, 0.05) is 158 Å². The molecule has 0 aliphatic carbocycles. The van der Waals surface area contributed by atoms with E-state index < -0.39 is 0 Å². The predicted octanol–water partition coefficient (Wildman–Crippen LogP) is 28.5. The molecular weight excluding hydrogens is 1540 g/mol. The molecule has 12 nitrogen and oxygen atoms in total. The van der Waals surface area contributed by atoms with E-state index >= 15 is 0 Å². The molecule has 0 N–H and O–H groups in total. The third-order valence-corrected chi connectivity index (χ3v) is 25.2. The van der Waals surface area contributed by atoms with Gasteiger partial charge in [0.1, 0.15) is 5.65 Å². The molecule has 12 heterocycles. The quantitative estimate of drug-likeness (QED) is 0.142. The number of pyridine rings is 6. The molecule has 0 saturated heterocycles. The number of aromatic nitrogens is 12. The minimum atomic E-state index is 0.968. The van der Waals surface area contributed by atoms with Crippen molar-refractivity contribution in [2.75, 3.05) is 0 Å². The topological polar surface area (TPSA) is 107 Å². The van der Waals surface area contributed by atoms with Crippen molar-refractivity contribution >= 4 is 164 Å². The first kappa shape index (κ1) is 71.7. The Bertz CT molecular complexity index is 8190. The Labute approximate surface area is 721 Å². The smallest absolute Gasteiger partial charge is 0.145 e. The maximum absolute atomic E-state index is 4.85. The SMILES string of the molecule is c1ccc(-n2c3ccc(-c4ccc5c(c4)c4cnc6ccccc6c4n5-c4ccccc4)cc3c3cccnc32)cc1.c1ccc(-n2c3ccc(-c4ccc5c(c4)c4cnc6ccccc6c4n5-c4ccccc4)cc3c3ccncc32)cc1.c1ccc(-n2c3ccncc3c3cc(-c4ccc5c(c4)c4cnc6ccccc6c4n5-c4ccccc4)ccc32)cc1. The Balaban J connectivity index is 0.000000103. The van der Waals surface area contributed by atoms with Crippen LogP contribution in [0.4, 0.5) is 0 Å². The van der Waals surface area contributed by atoms with E-state index in [1.807, 2.05) is 61.7 Å². The minimum Gasteiger partial charge on any atom is -0.309 e. The zero-order valence-corrected chi connectivity index (χ0v) is 67.9. The van der Waals surface area contributed by atoms with Crippen LogP contribution in [-0.4, -0.2) is 57.3 Å². The lowest BCUT2D eigenvalue weighted by molar-refractivity contribution is 1.14. The van der Waals surface area contributed by atoms with Gasteiger partial charge in [0.05, 0.1) is 83.4 Å². The third-order valence-electron chi connectivity index (χ3n) is 25.2. The summed E-state index contributed by atoms with van der Waals surface area (Å²) in [5, 5.41) is 17.6. The standard InChI is InChI=1S/3C38H24N4/c1-3-10-27(11-4-1)41-35-19-17-26(23-32(35)33-24-40-34-16-8-7-14-30(34)37(33)41)25-18-20-36-31(22-25)29-15-9-21-39-38(29)42(36)28-12-5-2-6-13-28;1-3-9-27(10-4-1)41-35-17-15-25(21-31(35)29-19-20-39-24-37(29)41)26-16-18-36-32(22-26)33-23-40-34-14-8-7-13-30(34)38(33)42(36)28-11-5-2-6-12-28;1-3-9-27(10-4-1)41-35-17-15-25(21-30(35)32-23-39-20-19-37(32)41)26-16-18-36-31(22-26)33-24-40-34-14-8-7-13-29(34)38(33)42(36)28-11-5-2-6-12-28/h3*1-24H. The second-order valence-electron chi connectivity index (χ2n) is 32.2. The number of rotatable bonds is 9. The van der Waals surface area contributed by atoms with Crippen LogP contribution in [0.5, 0.6) is 0 Å². The molecule has 15 aromatic carbocycles. The predicted molar refractivity (Wildman–Crippen MR) is 521 cm³/mol. The van der Waals surface area contributed by atoms with Gasteiger partial charge in [-0.15, -0.1) is 0 Å². The van der Waals surface area contributed by atoms with Crippen LogP contribution < -0.4 is 0 Å². The first-order valence-electron chi connectivity index (χ1n) is 42.5. The van der Waals surface area contributed by atoms with Crippen molar-refractivity contribution in [3.05, 3.63) is 438 Å². The number of hydrogen-bond donors (Lipinski definition) is 0. The van der Waals surface area contributed by atoms with Gasteiger partial charge in [-0.25, -0.2) is 4.98 Å². The summed E-state index contributed by atoms with van der Waals surface area (Å²) in [5.41, 5.74) is 30.7. The molecule has 0 unspecified atom stereocenters. The van der Waals surface area contributed by atoms with Crippen molar-refractivity contribution in [2.24, 2.45) is 0 Å². The lowest BCUT2D eigenvalue weighted by atomic mass is 10.0. The molecule has 0 aliphatic heterocycles. The Morgan fingerprint density at radius 3 is 0.817 bits per heavy atom. The minimum absolute atomic E-state index is 0.968. The van der Waals surface area contributed by atoms with Crippen LogP contribution in [0.25, 0.3) is 231 Å². The number of benzene rings is 15. The highest BCUT2D eigenvalue weighted by Crippen LogP contribution is 2.45. The third kappa shape index (κ3) is 11.5. The molecule has 27 rings (SSSR count). The Hall–Kier alpha value is -17.2. The van der Waals surface area contributed by atoms with Crippen molar-refractivity contribution in [2.45, 2.75) is 0 Å². The fourth-order valence-electron chi connectivity index (χ4n) is 19.6. The molecular formula is C114H72N12. The molecule has 0 fully saturated rings. The molecule has 126 heavy (non-hydrogen) atoms. The van der Waals surface area contributed by atoms with Crippen molar-refractivity contribution in [1.82, 2.24) is 57.3 Å². The molecule has 0 radical (unpaired) electrons. The molecule has 0 saturated carbocycles. The van der Waals surface area contributed by atoms with E-state index in [1.165, 1.54) is 115 Å². The zero-order valence-electron chi connectivity index (χ0n) is 67.9. The molecule has 0 atom stereocenters. The number of para-hydroxylation sites is 9. The summed E-state index contributed by atoms with van der Waals surface area (Å²) in [6.07, 6.45) is 15.7. The maximum atomic E-state index is 4.85. The normalized spacial score (nSPS) is 11.8. The second-order valence-corrected chi connectivity index (χ2v) is 32.2. The van der Waals surface area contributed by atoms with Crippen LogP contribution in [0.15, 0.2) is 438 Å². The van der Waals surface area contributed by atoms with E-state index in [4.69, 9.17) is 19.9 Å². The van der Waals surface area contributed by atoms with Crippen LogP contribution in [0.1, 0.15) is 0 Å². The fourth-order valence-corrected chi connectivity index (χ4v) is 19.6. The van der Waals surface area contributed by atoms with Crippen molar-refractivity contribution < 1.29 is 0 Å². The van der Waals surface area contributed by atoms with E-state index in [0.717, 1.165) is 116 Å². The van der Waals surface area contributed by atoms with Gasteiger partial charge in [0.15, 0.2) is 0 Å². The van der Waals surface area contributed by atoms with Gasteiger partial charge in [0.2, 0.25) is 0 Å². The number of nitrogens with zero attached hydrogens (tertiary/aromatic N) is 12. The van der Waals surface area contributed by atoms with Crippen LogP contribution >= 0.6 is 0 Å². The van der Waals surface area contributed by atoms with E-state index in [2.05, 4.69) is 413 Å². The summed E-state index contributed by atoms with van der Waals surface area (Å²) in [7, 11) is 0. The summed E-state index contributed by atoms with van der Waals surface area (Å²) in [6, 6.07) is 138. The Morgan fingerprint density at radius 2 is 0.429 bits per heavy atom. The monoisotopic (exact) mass is 1610 g/mol. The zero-order chi connectivity index (χ0) is 82.9. The van der Waals surface area contributed by atoms with E-state index in [1.54, 1.807) is 0 Å². The first-order valence-corrected chi connectivity index (χ1v) is 42.5. The highest BCUT2D eigenvalue weighted by atomic mass is 15.1. The van der Waals surface area contributed by atoms with Gasteiger partial charge in [-0.3, -0.25) is 29.5 Å². The van der Waals surface area contributed by atoms with Gasteiger partial charge in [-0.2, -0.15) is 0 Å². The van der Waals surface area contributed by atoms with Crippen molar-refractivity contribution in [3.8, 4) is 67.5 Å². The summed E-state index contributed by atoms with van der Waals surface area (Å²) in [5.74, 6) is 0. The number of fused-ring (bicyclic) bond motifs is 24. The molecule has 588 valence electrons. The molecule has 0 aliphatic rings. The summed E-state index contributed by atoms with van der Waals surface area (Å²) >= 11 is 0. The van der Waals surface area contributed by atoms with E-state index in [9.17, 15) is 0 Å². The molecule has 0 amide bonds. The molecule has 27 aromatic rings. The van der Waals surface area contributed by atoms with Crippen molar-refractivity contribution in [1.29, 1.82) is 0 Å². The number of hydrogen-bond acceptors (Lipinski definition) is 6. The Kier molecular flexibility index (Phi) is 16.7. The van der Waals surface area contributed by atoms with Crippen LogP contribution in [0.2, 0.25) is 0 Å². The second kappa shape index (κ2) is 29.3. The van der Waals surface area contributed by atoms with Gasteiger partial charge < -0.3 is 22.8 Å². The molecule has 0 bridgehead atoms. The molecule has 12 heteroatoms. The summed E-state index contributed by atoms with van der Waals surface area (Å²) in [4.78, 5) is 28.3. The average molecular weight is 1610 g/mol. The maximum Gasteiger partial charge on any atom is 0.145 e. The summed E-state index contributed by atoms with van der Waals surface area (Å²) < 4.78 is 14.0. The van der Waals surface area contributed by atoms with Crippen LogP contribution in [0, 0.1) is 0 Å². The van der Waals surface area contributed by atoms with Crippen molar-refractivity contribution in [3.63, 3.8) is 0 Å². The molecule has 12 aromatic heterocycles. The fraction of sp³-hybridized carbons (Fsp3) is 0. The van der Waals surface area contributed by atoms with E-state index in [0.29, 0.717) is 0 Å². The van der Waals surface area contributed by atoms with Gasteiger partial charge in [-0.05, 0) is 221 Å². The van der Waals surface area contributed by atoms with Gasteiger partial charge >= 0.3 is 0 Å². The molecule has 0 spiro atoms. The Morgan fingerprint density at radius 1 is 0.151 bits per heavy atom. The first-order chi connectivity index (χ1) is 62.5. The lowest BCUT2D eigenvalue weighted by Crippen LogP contribution is -1.94.